The Kier molecular flexibility index (Phi) is 2.33. The van der Waals surface area contributed by atoms with Gasteiger partial charge in [0.15, 0.2) is 0 Å². The minimum absolute atomic E-state index is 0.836. The highest BCUT2D eigenvalue weighted by Crippen LogP contribution is 2.25. The van der Waals surface area contributed by atoms with Gasteiger partial charge in [-0.25, -0.2) is 0 Å². The van der Waals surface area contributed by atoms with E-state index in [4.69, 9.17) is 5.73 Å². The Balaban J connectivity index is 1.74. The van der Waals surface area contributed by atoms with Crippen molar-refractivity contribution in [3.05, 3.63) is 41.2 Å². The molecule has 0 aliphatic carbocycles. The lowest BCUT2D eigenvalue weighted by molar-refractivity contribution is 0.272. The molecule has 0 amide bonds. The van der Waals surface area contributed by atoms with Gasteiger partial charge in [0.05, 0.1) is 5.69 Å². The third-order valence-corrected chi connectivity index (χ3v) is 3.05. The minimum atomic E-state index is 0.836. The quantitative estimate of drug-likeness (QED) is 0.778. The standard InChI is InChI=1S/C12H15N5/c1-16-7-12(14-15-16)8-17-5-9-2-3-11(13)4-10(9)6-17/h2-4,7H,5-6,8,13H2,1H3. The van der Waals surface area contributed by atoms with Gasteiger partial charge in [-0.2, -0.15) is 0 Å². The maximum absolute atomic E-state index is 5.79. The molecule has 3 rings (SSSR count). The summed E-state index contributed by atoms with van der Waals surface area (Å²) < 4.78 is 1.73. The molecule has 1 aromatic heterocycles. The van der Waals surface area contributed by atoms with Crippen LogP contribution in [0.2, 0.25) is 0 Å². The first-order valence-corrected chi connectivity index (χ1v) is 5.65. The van der Waals surface area contributed by atoms with Gasteiger partial charge < -0.3 is 5.73 Å². The van der Waals surface area contributed by atoms with Crippen molar-refractivity contribution >= 4 is 5.69 Å². The van der Waals surface area contributed by atoms with E-state index in [0.717, 1.165) is 31.0 Å². The highest BCUT2D eigenvalue weighted by atomic mass is 15.4. The summed E-state index contributed by atoms with van der Waals surface area (Å²) >= 11 is 0. The first-order chi connectivity index (χ1) is 8.20. The fourth-order valence-corrected chi connectivity index (χ4v) is 2.29. The van der Waals surface area contributed by atoms with Crippen LogP contribution in [-0.4, -0.2) is 19.9 Å². The van der Waals surface area contributed by atoms with Gasteiger partial charge in [-0.05, 0) is 23.3 Å². The maximum atomic E-state index is 5.79. The van der Waals surface area contributed by atoms with E-state index in [9.17, 15) is 0 Å². The van der Waals surface area contributed by atoms with E-state index < -0.39 is 0 Å². The van der Waals surface area contributed by atoms with Crippen LogP contribution in [0.1, 0.15) is 16.8 Å². The van der Waals surface area contributed by atoms with E-state index in [1.807, 2.05) is 19.3 Å². The lowest BCUT2D eigenvalue weighted by Gasteiger charge is -2.11. The molecule has 0 unspecified atom stereocenters. The Morgan fingerprint density at radius 2 is 2.12 bits per heavy atom. The molecule has 5 heteroatoms. The smallest absolute Gasteiger partial charge is 0.0967 e. The number of benzene rings is 1. The highest BCUT2D eigenvalue weighted by Gasteiger charge is 2.19. The zero-order valence-corrected chi connectivity index (χ0v) is 9.80. The summed E-state index contributed by atoms with van der Waals surface area (Å²) in [7, 11) is 1.88. The summed E-state index contributed by atoms with van der Waals surface area (Å²) in [6.07, 6.45) is 1.96. The molecule has 2 N–H and O–H groups in total. The van der Waals surface area contributed by atoms with Gasteiger partial charge in [-0.15, -0.1) is 5.10 Å². The summed E-state index contributed by atoms with van der Waals surface area (Å²) in [5.74, 6) is 0. The third kappa shape index (κ3) is 2.01. The molecular formula is C12H15N5. The van der Waals surface area contributed by atoms with Crippen molar-refractivity contribution < 1.29 is 0 Å². The Labute approximate surface area is 99.8 Å². The van der Waals surface area contributed by atoms with Gasteiger partial charge in [0.1, 0.15) is 0 Å². The Morgan fingerprint density at radius 1 is 1.29 bits per heavy atom. The van der Waals surface area contributed by atoms with Crippen molar-refractivity contribution in [1.82, 2.24) is 19.9 Å². The normalized spacial score (nSPS) is 15.1. The van der Waals surface area contributed by atoms with Gasteiger partial charge in [-0.3, -0.25) is 9.58 Å². The van der Waals surface area contributed by atoms with Crippen molar-refractivity contribution in [2.45, 2.75) is 19.6 Å². The maximum Gasteiger partial charge on any atom is 0.0967 e. The predicted molar refractivity (Wildman–Crippen MR) is 64.8 cm³/mol. The van der Waals surface area contributed by atoms with Crippen molar-refractivity contribution in [2.24, 2.45) is 7.05 Å². The molecule has 0 saturated heterocycles. The number of aromatic nitrogens is 3. The number of anilines is 1. The van der Waals surface area contributed by atoms with Gasteiger partial charge in [0.25, 0.3) is 0 Å². The van der Waals surface area contributed by atoms with Crippen LogP contribution in [0.4, 0.5) is 5.69 Å². The van der Waals surface area contributed by atoms with E-state index in [2.05, 4.69) is 27.3 Å². The van der Waals surface area contributed by atoms with Crippen LogP contribution < -0.4 is 5.73 Å². The zero-order chi connectivity index (χ0) is 11.8. The van der Waals surface area contributed by atoms with Crippen LogP contribution in [-0.2, 0) is 26.7 Å². The molecule has 17 heavy (non-hydrogen) atoms. The summed E-state index contributed by atoms with van der Waals surface area (Å²) in [6.45, 7) is 2.74. The van der Waals surface area contributed by atoms with Crippen LogP contribution in [0.5, 0.6) is 0 Å². The first kappa shape index (κ1) is 10.3. The van der Waals surface area contributed by atoms with E-state index in [0.29, 0.717) is 0 Å². The number of nitrogens with zero attached hydrogens (tertiary/aromatic N) is 4. The number of hydrogen-bond acceptors (Lipinski definition) is 4. The Morgan fingerprint density at radius 3 is 2.88 bits per heavy atom. The Bertz CT molecular complexity index is 544. The molecule has 0 fully saturated rings. The summed E-state index contributed by atoms with van der Waals surface area (Å²) in [4.78, 5) is 2.34. The lowest BCUT2D eigenvalue weighted by Crippen LogP contribution is -2.15. The number of nitrogens with two attached hydrogens (primary N) is 1. The van der Waals surface area contributed by atoms with Gasteiger partial charge >= 0.3 is 0 Å². The molecule has 1 aliphatic heterocycles. The number of aryl methyl sites for hydroxylation is 1. The molecule has 88 valence electrons. The minimum Gasteiger partial charge on any atom is -0.399 e. The number of rotatable bonds is 2. The fraction of sp³-hybridized carbons (Fsp3) is 0.333. The summed E-state index contributed by atoms with van der Waals surface area (Å²) in [5.41, 5.74) is 10.3. The second-order valence-electron chi connectivity index (χ2n) is 4.56. The molecule has 0 radical (unpaired) electrons. The van der Waals surface area contributed by atoms with E-state index in [1.165, 1.54) is 11.1 Å². The SMILES string of the molecule is Cn1cc(CN2Cc3ccc(N)cc3C2)nn1. The fourth-order valence-electron chi connectivity index (χ4n) is 2.29. The van der Waals surface area contributed by atoms with Crippen LogP contribution >= 0.6 is 0 Å². The second kappa shape index (κ2) is 3.85. The van der Waals surface area contributed by atoms with Crippen molar-refractivity contribution in [3.8, 4) is 0 Å². The molecule has 1 aromatic carbocycles. The van der Waals surface area contributed by atoms with Crippen molar-refractivity contribution in [1.29, 1.82) is 0 Å². The molecule has 0 atom stereocenters. The summed E-state index contributed by atoms with van der Waals surface area (Å²) in [6, 6.07) is 6.14. The number of hydrogen-bond donors (Lipinski definition) is 1. The highest BCUT2D eigenvalue weighted by molar-refractivity contribution is 5.46. The van der Waals surface area contributed by atoms with Crippen LogP contribution in [0.15, 0.2) is 24.4 Å². The first-order valence-electron chi connectivity index (χ1n) is 5.65. The van der Waals surface area contributed by atoms with E-state index >= 15 is 0 Å². The molecule has 2 heterocycles. The van der Waals surface area contributed by atoms with Crippen molar-refractivity contribution in [2.75, 3.05) is 5.73 Å². The van der Waals surface area contributed by atoms with Crippen LogP contribution in [0, 0.1) is 0 Å². The number of fused-ring (bicyclic) bond motifs is 1. The average Bonchev–Trinajstić information content (AvgIpc) is 2.84. The monoisotopic (exact) mass is 229 g/mol. The van der Waals surface area contributed by atoms with Gasteiger partial charge in [0.2, 0.25) is 0 Å². The van der Waals surface area contributed by atoms with Crippen LogP contribution in [0.25, 0.3) is 0 Å². The molecule has 5 nitrogen and oxygen atoms in total. The molecule has 0 saturated carbocycles. The number of nitrogen functional groups attached to an aromatic ring is 1. The largest absolute Gasteiger partial charge is 0.399 e. The topological polar surface area (TPSA) is 60.0 Å². The molecule has 0 spiro atoms. The lowest BCUT2D eigenvalue weighted by atomic mass is 10.1. The second-order valence-corrected chi connectivity index (χ2v) is 4.56. The zero-order valence-electron chi connectivity index (χ0n) is 9.80. The molecule has 1 aliphatic rings. The molecule has 2 aromatic rings. The summed E-state index contributed by atoms with van der Waals surface area (Å²) in [5, 5.41) is 8.05. The molecular weight excluding hydrogens is 214 g/mol. The third-order valence-electron chi connectivity index (χ3n) is 3.05. The van der Waals surface area contributed by atoms with E-state index in [1.54, 1.807) is 4.68 Å². The Hall–Kier alpha value is -1.88. The van der Waals surface area contributed by atoms with Crippen LogP contribution in [0.3, 0.4) is 0 Å². The van der Waals surface area contributed by atoms with Crippen molar-refractivity contribution in [3.63, 3.8) is 0 Å². The predicted octanol–water partition coefficient (Wildman–Crippen LogP) is 0.913. The average molecular weight is 229 g/mol. The van der Waals surface area contributed by atoms with Gasteiger partial charge in [0, 0.05) is 38.6 Å². The molecule has 0 bridgehead atoms. The van der Waals surface area contributed by atoms with E-state index in [-0.39, 0.29) is 0 Å². The van der Waals surface area contributed by atoms with Gasteiger partial charge in [-0.1, -0.05) is 11.3 Å².